The number of carbonyl (C=O) groups is 1. The zero-order valence-electron chi connectivity index (χ0n) is 12.9. The predicted molar refractivity (Wildman–Crippen MR) is 85.3 cm³/mol. The van der Waals surface area contributed by atoms with Crippen molar-refractivity contribution in [3.05, 3.63) is 47.9 Å². The van der Waals surface area contributed by atoms with Gasteiger partial charge >= 0.3 is 0 Å². The van der Waals surface area contributed by atoms with Crippen molar-refractivity contribution in [3.63, 3.8) is 0 Å². The van der Waals surface area contributed by atoms with E-state index in [0.717, 1.165) is 13.1 Å². The second kappa shape index (κ2) is 7.05. The minimum Gasteiger partial charge on any atom is -0.373 e. The maximum absolute atomic E-state index is 13.2. The highest BCUT2D eigenvalue weighted by molar-refractivity contribution is 6.04. The Hall–Kier alpha value is -1.68. The summed E-state index contributed by atoms with van der Waals surface area (Å²) in [6, 6.07) is 6.38. The van der Waals surface area contributed by atoms with Crippen LogP contribution in [0.1, 0.15) is 36.0 Å². The van der Waals surface area contributed by atoms with E-state index >= 15 is 0 Å². The molecule has 1 atom stereocenters. The third kappa shape index (κ3) is 3.74. The Labute approximate surface area is 131 Å². The van der Waals surface area contributed by atoms with Gasteiger partial charge in [-0.2, -0.15) is 0 Å². The largest absolute Gasteiger partial charge is 0.373 e. The Morgan fingerprint density at radius 1 is 1.23 bits per heavy atom. The van der Waals surface area contributed by atoms with Crippen LogP contribution >= 0.6 is 0 Å². The SMILES string of the molecule is O=C(/C=C/N1CCC[C@H]1CN1CCCC1)c1cccc(F)c1. The smallest absolute Gasteiger partial charge is 0.187 e. The number of halogens is 1. The molecular formula is C18H23FN2O. The van der Waals surface area contributed by atoms with Crippen LogP contribution in [0.15, 0.2) is 36.5 Å². The number of nitrogens with zero attached hydrogens (tertiary/aromatic N) is 2. The number of hydrogen-bond acceptors (Lipinski definition) is 3. The highest BCUT2D eigenvalue weighted by Gasteiger charge is 2.25. The molecule has 2 aliphatic heterocycles. The van der Waals surface area contributed by atoms with E-state index in [1.54, 1.807) is 18.2 Å². The fraction of sp³-hybridized carbons (Fsp3) is 0.500. The van der Waals surface area contributed by atoms with E-state index in [1.807, 2.05) is 6.20 Å². The molecule has 2 fully saturated rings. The van der Waals surface area contributed by atoms with E-state index in [2.05, 4.69) is 9.80 Å². The summed E-state index contributed by atoms with van der Waals surface area (Å²) < 4.78 is 13.2. The van der Waals surface area contributed by atoms with Gasteiger partial charge in [0.05, 0.1) is 0 Å². The van der Waals surface area contributed by atoms with Gasteiger partial charge in [-0.1, -0.05) is 12.1 Å². The van der Waals surface area contributed by atoms with Gasteiger partial charge in [0.1, 0.15) is 5.82 Å². The van der Waals surface area contributed by atoms with Crippen molar-refractivity contribution in [1.82, 2.24) is 9.80 Å². The summed E-state index contributed by atoms with van der Waals surface area (Å²) >= 11 is 0. The first-order valence-corrected chi connectivity index (χ1v) is 8.18. The number of rotatable bonds is 5. The molecule has 0 amide bonds. The van der Waals surface area contributed by atoms with E-state index in [4.69, 9.17) is 0 Å². The highest BCUT2D eigenvalue weighted by Crippen LogP contribution is 2.20. The summed E-state index contributed by atoms with van der Waals surface area (Å²) in [7, 11) is 0. The molecule has 3 rings (SSSR count). The number of hydrogen-bond donors (Lipinski definition) is 0. The van der Waals surface area contributed by atoms with E-state index in [0.29, 0.717) is 11.6 Å². The van der Waals surface area contributed by atoms with Gasteiger partial charge in [0.15, 0.2) is 5.78 Å². The molecule has 3 nitrogen and oxygen atoms in total. The van der Waals surface area contributed by atoms with E-state index in [1.165, 1.54) is 50.9 Å². The van der Waals surface area contributed by atoms with Crippen LogP contribution in [-0.4, -0.2) is 47.8 Å². The summed E-state index contributed by atoms with van der Waals surface area (Å²) in [5.41, 5.74) is 0.409. The van der Waals surface area contributed by atoms with Gasteiger partial charge in [0, 0.05) is 37.0 Å². The van der Waals surface area contributed by atoms with Gasteiger partial charge < -0.3 is 9.80 Å². The first-order chi connectivity index (χ1) is 10.7. The number of allylic oxidation sites excluding steroid dienone is 1. The Kier molecular flexibility index (Phi) is 4.88. The van der Waals surface area contributed by atoms with Gasteiger partial charge in [-0.25, -0.2) is 4.39 Å². The highest BCUT2D eigenvalue weighted by atomic mass is 19.1. The summed E-state index contributed by atoms with van der Waals surface area (Å²) in [5.74, 6) is -0.501. The minimum absolute atomic E-state index is 0.133. The third-order valence-corrected chi connectivity index (χ3v) is 4.62. The molecule has 1 aromatic carbocycles. The van der Waals surface area contributed by atoms with Crippen LogP contribution in [0.25, 0.3) is 0 Å². The topological polar surface area (TPSA) is 23.6 Å². The summed E-state index contributed by atoms with van der Waals surface area (Å²) in [6.45, 7) is 4.51. The quantitative estimate of drug-likeness (QED) is 0.617. The molecular weight excluding hydrogens is 279 g/mol. The summed E-state index contributed by atoms with van der Waals surface area (Å²) in [6.07, 6.45) is 8.46. The molecule has 2 aliphatic rings. The molecule has 2 heterocycles. The Balaban J connectivity index is 1.59. The van der Waals surface area contributed by atoms with Crippen molar-refractivity contribution in [3.8, 4) is 0 Å². The molecule has 0 aliphatic carbocycles. The Bertz CT molecular complexity index is 552. The van der Waals surface area contributed by atoms with E-state index < -0.39 is 0 Å². The monoisotopic (exact) mass is 302 g/mol. The second-order valence-electron chi connectivity index (χ2n) is 6.23. The number of benzene rings is 1. The summed E-state index contributed by atoms with van der Waals surface area (Å²) in [5, 5.41) is 0. The molecule has 118 valence electrons. The van der Waals surface area contributed by atoms with Crippen molar-refractivity contribution in [2.75, 3.05) is 26.2 Å². The first kappa shape index (κ1) is 15.2. The lowest BCUT2D eigenvalue weighted by Crippen LogP contribution is -2.36. The molecule has 0 bridgehead atoms. The molecule has 0 aromatic heterocycles. The molecule has 4 heteroatoms. The van der Waals surface area contributed by atoms with Gasteiger partial charge in [-0.3, -0.25) is 4.79 Å². The van der Waals surface area contributed by atoms with Crippen molar-refractivity contribution < 1.29 is 9.18 Å². The average molecular weight is 302 g/mol. The number of likely N-dealkylation sites (tertiary alicyclic amines) is 2. The second-order valence-corrected chi connectivity index (χ2v) is 6.23. The predicted octanol–water partition coefficient (Wildman–Crippen LogP) is 3.08. The summed E-state index contributed by atoms with van der Waals surface area (Å²) in [4.78, 5) is 16.9. The minimum atomic E-state index is -0.368. The van der Waals surface area contributed by atoms with Crippen LogP contribution < -0.4 is 0 Å². The molecule has 0 N–H and O–H groups in total. The van der Waals surface area contributed by atoms with Crippen molar-refractivity contribution in [1.29, 1.82) is 0 Å². The van der Waals surface area contributed by atoms with Crippen LogP contribution in [0.3, 0.4) is 0 Å². The lowest BCUT2D eigenvalue weighted by Gasteiger charge is -2.27. The number of ketones is 1. The van der Waals surface area contributed by atoms with Crippen molar-refractivity contribution in [2.45, 2.75) is 31.7 Å². The van der Waals surface area contributed by atoms with Gasteiger partial charge in [0.25, 0.3) is 0 Å². The normalized spacial score (nSPS) is 22.8. The Morgan fingerprint density at radius 2 is 2.05 bits per heavy atom. The molecule has 2 saturated heterocycles. The molecule has 1 aromatic rings. The lowest BCUT2D eigenvalue weighted by molar-refractivity contribution is 0.104. The maximum Gasteiger partial charge on any atom is 0.187 e. The van der Waals surface area contributed by atoms with E-state index in [-0.39, 0.29) is 11.6 Å². The lowest BCUT2D eigenvalue weighted by atomic mass is 10.1. The van der Waals surface area contributed by atoms with Crippen LogP contribution in [0, 0.1) is 5.82 Å². The third-order valence-electron chi connectivity index (χ3n) is 4.62. The average Bonchev–Trinajstić information content (AvgIpc) is 3.17. The van der Waals surface area contributed by atoms with Gasteiger partial charge in [0.2, 0.25) is 0 Å². The first-order valence-electron chi connectivity index (χ1n) is 8.18. The van der Waals surface area contributed by atoms with E-state index in [9.17, 15) is 9.18 Å². The van der Waals surface area contributed by atoms with Gasteiger partial charge in [-0.15, -0.1) is 0 Å². The Morgan fingerprint density at radius 3 is 2.82 bits per heavy atom. The van der Waals surface area contributed by atoms with Crippen LogP contribution in [0.4, 0.5) is 4.39 Å². The zero-order valence-corrected chi connectivity index (χ0v) is 12.9. The molecule has 0 spiro atoms. The fourth-order valence-electron chi connectivity index (χ4n) is 3.41. The molecule has 0 unspecified atom stereocenters. The molecule has 22 heavy (non-hydrogen) atoms. The maximum atomic E-state index is 13.2. The molecule has 0 radical (unpaired) electrons. The number of carbonyl (C=O) groups excluding carboxylic acids is 1. The fourth-order valence-corrected chi connectivity index (χ4v) is 3.41. The van der Waals surface area contributed by atoms with Crippen LogP contribution in [0.2, 0.25) is 0 Å². The van der Waals surface area contributed by atoms with Gasteiger partial charge in [-0.05, 0) is 50.9 Å². The van der Waals surface area contributed by atoms with Crippen molar-refractivity contribution in [2.24, 2.45) is 0 Å². The standard InChI is InChI=1S/C18H23FN2O/c19-16-6-3-5-15(13-16)18(22)8-12-21-11-4-7-17(21)14-20-9-1-2-10-20/h3,5-6,8,12-13,17H,1-2,4,7,9-11,14H2/b12-8+/t17-/m0/s1. The van der Waals surface area contributed by atoms with Crippen molar-refractivity contribution >= 4 is 5.78 Å². The molecule has 0 saturated carbocycles. The van der Waals surface area contributed by atoms with Crippen LogP contribution in [0.5, 0.6) is 0 Å². The zero-order chi connectivity index (χ0) is 15.4. The van der Waals surface area contributed by atoms with Crippen LogP contribution in [-0.2, 0) is 0 Å².